The average Bonchev–Trinajstić information content (AvgIpc) is 2.27. The van der Waals surface area contributed by atoms with Gasteiger partial charge in [-0.3, -0.25) is 0 Å². The summed E-state index contributed by atoms with van der Waals surface area (Å²) >= 11 is 3.38. The summed E-state index contributed by atoms with van der Waals surface area (Å²) in [6, 6.07) is 7.40. The molecule has 3 nitrogen and oxygen atoms in total. The van der Waals surface area contributed by atoms with Gasteiger partial charge in [-0.1, -0.05) is 26.0 Å². The molecule has 4 heteroatoms. The molecule has 0 heterocycles. The monoisotopic (exact) mass is 298 g/mol. The molecule has 1 aromatic carbocycles. The number of carbonyl (C=O) groups is 1. The van der Waals surface area contributed by atoms with Crippen LogP contribution in [0.1, 0.15) is 26.7 Å². The summed E-state index contributed by atoms with van der Waals surface area (Å²) in [5.74, 6) is 0.683. The molecule has 0 aliphatic heterocycles. The number of benzene rings is 1. The van der Waals surface area contributed by atoms with Gasteiger partial charge in [-0.25, -0.2) is 4.79 Å². The second-order valence-electron chi connectivity index (χ2n) is 4.40. The number of nitrogens with one attached hydrogen (secondary N) is 2. The van der Waals surface area contributed by atoms with Crippen molar-refractivity contribution >= 4 is 27.6 Å². The first-order valence-electron chi connectivity index (χ1n) is 5.89. The Kier molecular flexibility index (Phi) is 6.05. The van der Waals surface area contributed by atoms with Crippen LogP contribution in [0, 0.1) is 5.92 Å². The van der Waals surface area contributed by atoms with Crippen LogP contribution in [0.5, 0.6) is 0 Å². The van der Waals surface area contributed by atoms with Crippen molar-refractivity contribution in [2.45, 2.75) is 26.7 Å². The highest BCUT2D eigenvalue weighted by Crippen LogP contribution is 2.20. The third-order valence-corrected chi connectivity index (χ3v) is 3.06. The average molecular weight is 299 g/mol. The lowest BCUT2D eigenvalue weighted by Gasteiger charge is -2.09. The molecule has 2 N–H and O–H groups in total. The van der Waals surface area contributed by atoms with Crippen LogP contribution in [-0.4, -0.2) is 12.6 Å². The van der Waals surface area contributed by atoms with Gasteiger partial charge in [0.1, 0.15) is 0 Å². The van der Waals surface area contributed by atoms with Crippen LogP contribution in [0.3, 0.4) is 0 Å². The van der Waals surface area contributed by atoms with Crippen LogP contribution in [-0.2, 0) is 0 Å². The van der Waals surface area contributed by atoms with Gasteiger partial charge in [-0.05, 0) is 46.8 Å². The number of carbonyl (C=O) groups excluding carboxylic acids is 1. The Labute approximate surface area is 111 Å². The van der Waals surface area contributed by atoms with Crippen molar-refractivity contribution in [1.82, 2.24) is 5.32 Å². The fourth-order valence-electron chi connectivity index (χ4n) is 1.44. The number of amides is 2. The number of anilines is 1. The fraction of sp³-hybridized carbons (Fsp3) is 0.462. The van der Waals surface area contributed by atoms with Crippen molar-refractivity contribution < 1.29 is 4.79 Å². The van der Waals surface area contributed by atoms with Crippen LogP contribution in [0.15, 0.2) is 28.7 Å². The SMILES string of the molecule is CC(C)CCCNC(=O)Nc1ccccc1Br. The molecule has 0 bridgehead atoms. The van der Waals surface area contributed by atoms with E-state index in [-0.39, 0.29) is 6.03 Å². The molecular weight excluding hydrogens is 280 g/mol. The summed E-state index contributed by atoms with van der Waals surface area (Å²) in [5.41, 5.74) is 0.786. The van der Waals surface area contributed by atoms with Crippen LogP contribution in [0.2, 0.25) is 0 Å². The number of hydrogen-bond donors (Lipinski definition) is 2. The van der Waals surface area contributed by atoms with Crippen LogP contribution < -0.4 is 10.6 Å². The van der Waals surface area contributed by atoms with Crippen molar-refractivity contribution in [3.8, 4) is 0 Å². The van der Waals surface area contributed by atoms with Gasteiger partial charge >= 0.3 is 6.03 Å². The van der Waals surface area contributed by atoms with Crippen molar-refractivity contribution in [3.63, 3.8) is 0 Å². The normalized spacial score (nSPS) is 10.4. The van der Waals surface area contributed by atoms with E-state index in [1.165, 1.54) is 0 Å². The summed E-state index contributed by atoms with van der Waals surface area (Å²) in [6.45, 7) is 5.08. The molecule has 1 rings (SSSR count). The lowest BCUT2D eigenvalue weighted by Crippen LogP contribution is -2.29. The largest absolute Gasteiger partial charge is 0.338 e. The summed E-state index contributed by atoms with van der Waals surface area (Å²) in [4.78, 5) is 11.6. The molecule has 0 saturated carbocycles. The highest BCUT2D eigenvalue weighted by atomic mass is 79.9. The van der Waals surface area contributed by atoms with Gasteiger partial charge in [0.05, 0.1) is 5.69 Å². The van der Waals surface area contributed by atoms with Gasteiger partial charge in [0.25, 0.3) is 0 Å². The van der Waals surface area contributed by atoms with E-state index in [2.05, 4.69) is 40.4 Å². The number of halogens is 1. The Bertz CT molecular complexity index is 366. The van der Waals surface area contributed by atoms with Crippen molar-refractivity contribution in [1.29, 1.82) is 0 Å². The van der Waals surface area contributed by atoms with Crippen molar-refractivity contribution in [2.24, 2.45) is 5.92 Å². The molecular formula is C13H19BrN2O. The van der Waals surface area contributed by atoms with E-state index in [0.29, 0.717) is 12.5 Å². The number of para-hydroxylation sites is 1. The minimum absolute atomic E-state index is 0.152. The van der Waals surface area contributed by atoms with Crippen molar-refractivity contribution in [3.05, 3.63) is 28.7 Å². The van der Waals surface area contributed by atoms with Gasteiger partial charge in [0, 0.05) is 11.0 Å². The fourth-order valence-corrected chi connectivity index (χ4v) is 1.83. The first-order chi connectivity index (χ1) is 8.09. The molecule has 0 aromatic heterocycles. The Morgan fingerprint density at radius 2 is 2.06 bits per heavy atom. The zero-order valence-electron chi connectivity index (χ0n) is 10.3. The lowest BCUT2D eigenvalue weighted by molar-refractivity contribution is 0.251. The second kappa shape index (κ2) is 7.33. The molecule has 0 radical (unpaired) electrons. The predicted molar refractivity (Wildman–Crippen MR) is 75.2 cm³/mol. The summed E-state index contributed by atoms with van der Waals surface area (Å²) in [5, 5.41) is 5.64. The van der Waals surface area contributed by atoms with E-state index < -0.39 is 0 Å². The molecule has 0 unspecified atom stereocenters. The number of hydrogen-bond acceptors (Lipinski definition) is 1. The molecule has 0 atom stereocenters. The van der Waals surface area contributed by atoms with E-state index in [4.69, 9.17) is 0 Å². The minimum atomic E-state index is -0.152. The summed E-state index contributed by atoms with van der Waals surface area (Å²) < 4.78 is 0.886. The maximum Gasteiger partial charge on any atom is 0.319 e. The minimum Gasteiger partial charge on any atom is -0.338 e. The molecule has 0 saturated heterocycles. The topological polar surface area (TPSA) is 41.1 Å². The van der Waals surface area contributed by atoms with E-state index in [9.17, 15) is 4.79 Å². The Balaban J connectivity index is 2.28. The standard InChI is InChI=1S/C13H19BrN2O/c1-10(2)6-5-9-15-13(17)16-12-8-4-3-7-11(12)14/h3-4,7-8,10H,5-6,9H2,1-2H3,(H2,15,16,17). The molecule has 2 amide bonds. The highest BCUT2D eigenvalue weighted by molar-refractivity contribution is 9.10. The Hall–Kier alpha value is -1.03. The highest BCUT2D eigenvalue weighted by Gasteiger charge is 2.03. The molecule has 0 spiro atoms. The van der Waals surface area contributed by atoms with E-state index >= 15 is 0 Å². The molecule has 94 valence electrons. The quantitative estimate of drug-likeness (QED) is 0.793. The smallest absolute Gasteiger partial charge is 0.319 e. The lowest BCUT2D eigenvalue weighted by atomic mass is 10.1. The maximum absolute atomic E-state index is 11.6. The third-order valence-electron chi connectivity index (χ3n) is 2.37. The molecule has 0 fully saturated rings. The first kappa shape index (κ1) is 14.0. The molecule has 0 aliphatic carbocycles. The van der Waals surface area contributed by atoms with Crippen LogP contribution in [0.4, 0.5) is 10.5 Å². The first-order valence-corrected chi connectivity index (χ1v) is 6.68. The molecule has 1 aromatic rings. The number of rotatable bonds is 5. The van der Waals surface area contributed by atoms with Gasteiger partial charge < -0.3 is 10.6 Å². The number of urea groups is 1. The second-order valence-corrected chi connectivity index (χ2v) is 5.25. The summed E-state index contributed by atoms with van der Waals surface area (Å²) in [7, 11) is 0. The van der Waals surface area contributed by atoms with Gasteiger partial charge in [0.15, 0.2) is 0 Å². The Morgan fingerprint density at radius 1 is 1.35 bits per heavy atom. The van der Waals surface area contributed by atoms with E-state index in [1.807, 2.05) is 24.3 Å². The zero-order valence-corrected chi connectivity index (χ0v) is 11.9. The van der Waals surface area contributed by atoms with Crippen molar-refractivity contribution in [2.75, 3.05) is 11.9 Å². The van der Waals surface area contributed by atoms with Gasteiger partial charge in [-0.2, -0.15) is 0 Å². The van der Waals surface area contributed by atoms with Crippen LogP contribution >= 0.6 is 15.9 Å². The van der Waals surface area contributed by atoms with Crippen LogP contribution in [0.25, 0.3) is 0 Å². The zero-order chi connectivity index (χ0) is 12.7. The maximum atomic E-state index is 11.6. The van der Waals surface area contributed by atoms with E-state index in [0.717, 1.165) is 23.0 Å². The third kappa shape index (κ3) is 5.73. The molecule has 0 aliphatic rings. The van der Waals surface area contributed by atoms with E-state index in [1.54, 1.807) is 0 Å². The Morgan fingerprint density at radius 3 is 2.71 bits per heavy atom. The van der Waals surface area contributed by atoms with Gasteiger partial charge in [0.2, 0.25) is 0 Å². The summed E-state index contributed by atoms with van der Waals surface area (Å²) in [6.07, 6.45) is 2.15. The van der Waals surface area contributed by atoms with Gasteiger partial charge in [-0.15, -0.1) is 0 Å². The predicted octanol–water partition coefficient (Wildman–Crippen LogP) is 4.01. The molecule has 17 heavy (non-hydrogen) atoms.